The molecule has 0 aromatic carbocycles. The van der Waals surface area contributed by atoms with Gasteiger partial charge >= 0.3 is 0 Å². The molecular weight excluding hydrogens is 386 g/mol. The SMILES string of the molecule is CCc1ccc(S(=O)(=O)N2CCC(c3cccs3)S(=O)(=O)CC2)s1. The summed E-state index contributed by atoms with van der Waals surface area (Å²) < 4.78 is 52.4. The Morgan fingerprint density at radius 3 is 2.67 bits per heavy atom. The molecule has 2 aromatic heterocycles. The van der Waals surface area contributed by atoms with Gasteiger partial charge in [0, 0.05) is 22.8 Å². The summed E-state index contributed by atoms with van der Waals surface area (Å²) in [5.74, 6) is -0.138. The summed E-state index contributed by atoms with van der Waals surface area (Å²) in [7, 11) is -6.98. The molecule has 1 aliphatic rings. The topological polar surface area (TPSA) is 71.5 Å². The average molecular weight is 406 g/mol. The molecule has 0 bridgehead atoms. The van der Waals surface area contributed by atoms with Crippen LogP contribution in [-0.2, 0) is 26.3 Å². The lowest BCUT2D eigenvalue weighted by atomic mass is 10.2. The van der Waals surface area contributed by atoms with E-state index in [0.29, 0.717) is 10.6 Å². The lowest BCUT2D eigenvalue weighted by Gasteiger charge is -2.18. The fraction of sp³-hybridized carbons (Fsp3) is 0.467. The van der Waals surface area contributed by atoms with Crippen molar-refractivity contribution in [1.29, 1.82) is 0 Å². The first-order valence-electron chi connectivity index (χ1n) is 7.68. The second-order valence-corrected chi connectivity index (χ2v) is 12.3. The highest BCUT2D eigenvalue weighted by atomic mass is 32.2. The van der Waals surface area contributed by atoms with Crippen LogP contribution in [0.2, 0.25) is 0 Å². The summed E-state index contributed by atoms with van der Waals surface area (Å²) in [5, 5.41) is 1.24. The number of thiophene rings is 2. The van der Waals surface area contributed by atoms with Gasteiger partial charge in [-0.2, -0.15) is 4.31 Å². The highest BCUT2D eigenvalue weighted by Crippen LogP contribution is 2.34. The third kappa shape index (κ3) is 3.45. The summed E-state index contributed by atoms with van der Waals surface area (Å²) in [5.41, 5.74) is 0. The minimum Gasteiger partial charge on any atom is -0.228 e. The third-order valence-electron chi connectivity index (χ3n) is 4.14. The van der Waals surface area contributed by atoms with Crippen LogP contribution >= 0.6 is 22.7 Å². The number of hydrogen-bond acceptors (Lipinski definition) is 6. The molecule has 0 N–H and O–H groups in total. The monoisotopic (exact) mass is 405 g/mol. The fourth-order valence-corrected chi connectivity index (χ4v) is 8.80. The maximum Gasteiger partial charge on any atom is 0.252 e. The van der Waals surface area contributed by atoms with Gasteiger partial charge in [0.2, 0.25) is 0 Å². The largest absolute Gasteiger partial charge is 0.252 e. The Morgan fingerprint density at radius 1 is 1.25 bits per heavy atom. The molecule has 9 heteroatoms. The first-order chi connectivity index (χ1) is 11.3. The van der Waals surface area contributed by atoms with E-state index in [-0.39, 0.29) is 18.8 Å². The zero-order valence-corrected chi connectivity index (χ0v) is 16.5. The molecule has 2 aromatic rings. The van der Waals surface area contributed by atoms with Crippen molar-refractivity contribution < 1.29 is 16.8 Å². The molecule has 132 valence electrons. The molecule has 5 nitrogen and oxygen atoms in total. The normalized spacial score (nSPS) is 22.3. The molecule has 0 spiro atoms. The van der Waals surface area contributed by atoms with E-state index in [0.717, 1.165) is 16.2 Å². The Morgan fingerprint density at radius 2 is 2.04 bits per heavy atom. The van der Waals surface area contributed by atoms with Crippen molar-refractivity contribution in [3.05, 3.63) is 39.4 Å². The van der Waals surface area contributed by atoms with E-state index in [1.165, 1.54) is 27.0 Å². The van der Waals surface area contributed by atoms with Crippen LogP contribution in [-0.4, -0.2) is 40.0 Å². The molecule has 1 aliphatic heterocycles. The summed E-state index contributed by atoms with van der Waals surface area (Å²) in [4.78, 5) is 1.80. The molecule has 0 saturated carbocycles. The Kier molecular flexibility index (Phi) is 5.17. The van der Waals surface area contributed by atoms with E-state index in [1.54, 1.807) is 6.07 Å². The van der Waals surface area contributed by atoms with Crippen LogP contribution in [0.25, 0.3) is 0 Å². The van der Waals surface area contributed by atoms with Gasteiger partial charge in [-0.1, -0.05) is 13.0 Å². The molecule has 1 atom stereocenters. The van der Waals surface area contributed by atoms with Gasteiger partial charge in [-0.05, 0) is 36.4 Å². The van der Waals surface area contributed by atoms with Crippen molar-refractivity contribution >= 4 is 42.5 Å². The van der Waals surface area contributed by atoms with Crippen molar-refractivity contribution in [1.82, 2.24) is 4.31 Å². The molecule has 1 fully saturated rings. The summed E-state index contributed by atoms with van der Waals surface area (Å²) in [6.45, 7) is 2.22. The van der Waals surface area contributed by atoms with Gasteiger partial charge in [0.25, 0.3) is 10.0 Å². The number of aryl methyl sites for hydroxylation is 1. The zero-order valence-electron chi connectivity index (χ0n) is 13.2. The van der Waals surface area contributed by atoms with E-state index in [9.17, 15) is 16.8 Å². The first kappa shape index (κ1) is 18.1. The highest BCUT2D eigenvalue weighted by molar-refractivity contribution is 7.92. The minimum atomic E-state index is -3.63. The van der Waals surface area contributed by atoms with E-state index < -0.39 is 25.1 Å². The van der Waals surface area contributed by atoms with Gasteiger partial charge in [-0.15, -0.1) is 22.7 Å². The maximum absolute atomic E-state index is 12.8. The van der Waals surface area contributed by atoms with Crippen molar-refractivity contribution in [2.24, 2.45) is 0 Å². The molecule has 3 rings (SSSR count). The second-order valence-electron chi connectivity index (χ2n) is 5.64. The minimum absolute atomic E-state index is 0.0197. The first-order valence-corrected chi connectivity index (χ1v) is 12.5. The van der Waals surface area contributed by atoms with E-state index in [1.807, 2.05) is 30.5 Å². The van der Waals surface area contributed by atoms with Crippen LogP contribution in [0.1, 0.15) is 28.3 Å². The zero-order chi connectivity index (χ0) is 17.4. The average Bonchev–Trinajstić information content (AvgIpc) is 3.19. The number of sulfone groups is 1. The van der Waals surface area contributed by atoms with E-state index in [4.69, 9.17) is 0 Å². The Balaban J connectivity index is 1.87. The van der Waals surface area contributed by atoms with Gasteiger partial charge < -0.3 is 0 Å². The fourth-order valence-electron chi connectivity index (χ4n) is 2.77. The number of hydrogen-bond donors (Lipinski definition) is 0. The van der Waals surface area contributed by atoms with Crippen molar-refractivity contribution in [3.8, 4) is 0 Å². The maximum atomic E-state index is 12.8. The van der Waals surface area contributed by atoms with Gasteiger partial charge in [0.1, 0.15) is 4.21 Å². The van der Waals surface area contributed by atoms with Crippen molar-refractivity contribution in [2.75, 3.05) is 18.8 Å². The molecule has 24 heavy (non-hydrogen) atoms. The highest BCUT2D eigenvalue weighted by Gasteiger charge is 2.36. The molecule has 0 amide bonds. The van der Waals surface area contributed by atoms with Crippen molar-refractivity contribution in [2.45, 2.75) is 29.2 Å². The predicted molar refractivity (Wildman–Crippen MR) is 97.9 cm³/mol. The lowest BCUT2D eigenvalue weighted by molar-refractivity contribution is 0.430. The van der Waals surface area contributed by atoms with E-state index >= 15 is 0 Å². The van der Waals surface area contributed by atoms with Crippen LogP contribution in [0.5, 0.6) is 0 Å². The quantitative estimate of drug-likeness (QED) is 0.784. The van der Waals surface area contributed by atoms with Gasteiger partial charge in [0.05, 0.1) is 11.0 Å². The number of nitrogens with zero attached hydrogens (tertiary/aromatic N) is 1. The van der Waals surface area contributed by atoms with Crippen molar-refractivity contribution in [3.63, 3.8) is 0 Å². The molecular formula is C15H19NO4S4. The van der Waals surface area contributed by atoms with Crippen LogP contribution in [0.3, 0.4) is 0 Å². The summed E-state index contributed by atoms with van der Waals surface area (Å²) in [6.07, 6.45) is 1.09. The smallest absolute Gasteiger partial charge is 0.228 e. The summed E-state index contributed by atoms with van der Waals surface area (Å²) >= 11 is 2.67. The van der Waals surface area contributed by atoms with Gasteiger partial charge in [0.15, 0.2) is 9.84 Å². The van der Waals surface area contributed by atoms with Crippen LogP contribution in [0, 0.1) is 0 Å². The van der Waals surface area contributed by atoms with Crippen LogP contribution in [0.4, 0.5) is 0 Å². The molecule has 0 aliphatic carbocycles. The van der Waals surface area contributed by atoms with E-state index in [2.05, 4.69) is 0 Å². The van der Waals surface area contributed by atoms with Crippen LogP contribution in [0.15, 0.2) is 33.9 Å². The molecule has 3 heterocycles. The third-order valence-corrected chi connectivity index (χ3v) is 11.0. The standard InChI is InChI=1S/C15H19NO4S4/c1-2-12-5-6-15(22-12)24(19,20)16-8-7-14(13-4-3-10-21-13)23(17,18)11-9-16/h3-6,10,14H,2,7-9,11H2,1H3. The number of rotatable bonds is 4. The Labute approximate surface area is 150 Å². The Bertz CT molecular complexity index is 897. The molecule has 0 radical (unpaired) electrons. The number of sulfonamides is 1. The summed E-state index contributed by atoms with van der Waals surface area (Å²) in [6, 6.07) is 7.08. The van der Waals surface area contributed by atoms with Crippen LogP contribution < -0.4 is 0 Å². The lowest BCUT2D eigenvalue weighted by Crippen LogP contribution is -2.33. The van der Waals surface area contributed by atoms with Gasteiger partial charge in [-0.3, -0.25) is 0 Å². The van der Waals surface area contributed by atoms with Gasteiger partial charge in [-0.25, -0.2) is 16.8 Å². The Hall–Kier alpha value is -0.740. The second kappa shape index (κ2) is 6.87. The molecule has 1 unspecified atom stereocenters. The molecule has 1 saturated heterocycles. The predicted octanol–water partition coefficient (Wildman–Crippen LogP) is 2.92.